The van der Waals surface area contributed by atoms with E-state index in [4.69, 9.17) is 15.1 Å². The van der Waals surface area contributed by atoms with Gasteiger partial charge < -0.3 is 15.1 Å². The van der Waals surface area contributed by atoms with Crippen molar-refractivity contribution in [2.45, 2.75) is 358 Å². The minimum absolute atomic E-state index is 0.275. The average Bonchev–Trinajstić information content (AvgIpc) is 0.747. The first-order valence-electron chi connectivity index (χ1n) is 53.4. The Morgan fingerprint density at radius 2 is 0.281 bits per heavy atom. The van der Waals surface area contributed by atoms with Crippen molar-refractivity contribution in [3.8, 4) is 0 Å². The maximum Gasteiger partial charge on any atom is 0.631 e. The Morgan fingerprint density at radius 3 is 0.381 bits per heavy atom. The fourth-order valence-electron chi connectivity index (χ4n) is 23.6. The van der Waals surface area contributed by atoms with Gasteiger partial charge in [0.05, 0.1) is 0 Å². The zero-order valence-electron chi connectivity index (χ0n) is 92.2. The van der Waals surface area contributed by atoms with Crippen molar-refractivity contribution in [3.05, 3.63) is 419 Å². The van der Waals surface area contributed by atoms with Crippen LogP contribution in [-0.2, 0) is 16.2 Å². The number of rotatable bonds is 42. The predicted molar refractivity (Wildman–Crippen MR) is 603 cm³/mol. The van der Waals surface area contributed by atoms with Crippen LogP contribution in [0.4, 0.5) is 0 Å². The van der Waals surface area contributed by atoms with Crippen LogP contribution >= 0.6 is 0 Å². The molecule has 6 nitrogen and oxygen atoms in total. The predicted octanol–water partition coefficient (Wildman–Crippen LogP) is 33.7. The summed E-state index contributed by atoms with van der Waals surface area (Å²) in [6.45, 7) is 75.2. The zero-order chi connectivity index (χ0) is 102. The van der Waals surface area contributed by atoms with Crippen molar-refractivity contribution in [1.82, 2.24) is 14.7 Å². The van der Waals surface area contributed by atoms with Crippen molar-refractivity contribution in [1.29, 1.82) is 0 Å². The molecule has 12 rings (SSSR count). The van der Waals surface area contributed by atoms with Gasteiger partial charge in [-0.3, -0.25) is 14.7 Å². The molecule has 0 aliphatic rings. The van der Waals surface area contributed by atoms with E-state index in [9.17, 15) is 0 Å². The highest BCUT2D eigenvalue weighted by molar-refractivity contribution is 6.30. The van der Waals surface area contributed by atoms with E-state index < -0.39 is 7.32 Å². The summed E-state index contributed by atoms with van der Waals surface area (Å²) < 4.78 is 0. The summed E-state index contributed by atoms with van der Waals surface area (Å²) in [5.41, 5.74) is 48.6. The zero-order valence-corrected chi connectivity index (χ0v) is 92.2. The van der Waals surface area contributed by atoms with Crippen LogP contribution in [0.3, 0.4) is 0 Å². The Bertz CT molecular complexity index is 4730. The maximum atomic E-state index is 7.17. The monoisotopic (exact) mass is 1870 g/mol. The molecule has 0 amide bonds. The molecule has 0 heterocycles. The van der Waals surface area contributed by atoms with Crippen LogP contribution in [-0.4, -0.2) is 76.4 Å². The van der Waals surface area contributed by atoms with E-state index in [-0.39, 0.29) is 16.2 Å². The fraction of sp³-hybridized carbons (Fsp3) is 0.455. The first kappa shape index (κ1) is 113. The standard InChI is InChI=1S/3C44H59N.BH3O3/c3*1-11-13-17-45(18-14-12-2)43(39-23-31(3)19-32(4)24-39)15-16-44(40-25-33(5)20-34(6)26-40,41-27-35(7)21-36(8)28-41)42-29-37(9)22-38(10)30-42;2-1(3)4/h3*19-30,43H,11-18H2,1-10H3;2-4H. The molecular formula is C132H180BN3O3. The Balaban J connectivity index is 0.000000228. The maximum absolute atomic E-state index is 7.17. The van der Waals surface area contributed by atoms with Gasteiger partial charge in [0.1, 0.15) is 0 Å². The first-order valence-corrected chi connectivity index (χ1v) is 53.4. The summed E-state index contributed by atoms with van der Waals surface area (Å²) in [7, 11) is -2.17. The van der Waals surface area contributed by atoms with Gasteiger partial charge in [-0.15, -0.1) is 0 Å². The topological polar surface area (TPSA) is 70.4 Å². The molecule has 0 fully saturated rings. The summed E-state index contributed by atoms with van der Waals surface area (Å²) in [5.74, 6) is 0. The lowest BCUT2D eigenvalue weighted by atomic mass is 9.64. The van der Waals surface area contributed by atoms with Gasteiger partial charge >= 0.3 is 7.32 Å². The molecule has 0 aromatic heterocycles. The van der Waals surface area contributed by atoms with Gasteiger partial charge in [0.25, 0.3) is 0 Å². The van der Waals surface area contributed by atoms with E-state index >= 15 is 0 Å². The third kappa shape index (κ3) is 31.7. The summed E-state index contributed by atoms with van der Waals surface area (Å²) in [5, 5.41) is 21.5. The van der Waals surface area contributed by atoms with Gasteiger partial charge in [0.2, 0.25) is 0 Å². The molecule has 0 bridgehead atoms. The second-order valence-corrected chi connectivity index (χ2v) is 43.1. The largest absolute Gasteiger partial charge is 0.631 e. The van der Waals surface area contributed by atoms with E-state index in [2.05, 4.69) is 441 Å². The van der Waals surface area contributed by atoms with Crippen molar-refractivity contribution in [2.75, 3.05) is 39.3 Å². The van der Waals surface area contributed by atoms with E-state index in [0.29, 0.717) is 18.1 Å². The lowest BCUT2D eigenvalue weighted by Gasteiger charge is -2.40. The SMILES string of the molecule is CCCCN(CCCC)C(CCC(c1cc(C)cc(C)c1)(c1cc(C)cc(C)c1)c1cc(C)cc(C)c1)c1cc(C)cc(C)c1.CCCCN(CCCC)C(CCC(c1cc(C)cc(C)c1)(c1cc(C)cc(C)c1)c1cc(C)cc(C)c1)c1cc(C)cc(C)c1.CCCCN(CCCC)C(CCC(c1cc(C)cc(C)c1)(c1cc(C)cc(C)c1)c1cc(C)cc(C)c1)c1cc(C)cc(C)c1.OB(O)O. The lowest BCUT2D eigenvalue weighted by Crippen LogP contribution is -2.35. The molecule has 139 heavy (non-hydrogen) atoms. The number of benzene rings is 12. The van der Waals surface area contributed by atoms with Gasteiger partial charge in [-0.2, -0.15) is 0 Å². The second-order valence-electron chi connectivity index (χ2n) is 43.1. The molecular weight excluding hydrogens is 1690 g/mol. The smallest absolute Gasteiger partial charge is 0.402 e. The van der Waals surface area contributed by atoms with Crippen LogP contribution in [0.2, 0.25) is 0 Å². The number of hydrogen-bond donors (Lipinski definition) is 3. The molecule has 7 heteroatoms. The average molecular weight is 1870 g/mol. The minimum atomic E-state index is -2.17. The second kappa shape index (κ2) is 53.5. The Kier molecular flexibility index (Phi) is 43.5. The molecule has 744 valence electrons. The van der Waals surface area contributed by atoms with Crippen molar-refractivity contribution in [2.24, 2.45) is 0 Å². The van der Waals surface area contributed by atoms with Crippen molar-refractivity contribution in [3.63, 3.8) is 0 Å². The van der Waals surface area contributed by atoms with Crippen molar-refractivity contribution < 1.29 is 15.1 Å². The molecule has 3 N–H and O–H groups in total. The van der Waals surface area contributed by atoms with E-state index in [1.807, 2.05) is 0 Å². The first-order chi connectivity index (χ1) is 66.1. The molecule has 12 aromatic carbocycles. The molecule has 0 saturated heterocycles. The van der Waals surface area contributed by atoms with Gasteiger partial charge in [-0.25, -0.2) is 0 Å². The summed E-state index contributed by atoms with van der Waals surface area (Å²) in [4.78, 5) is 8.49. The molecule has 12 aromatic rings. The normalized spacial score (nSPS) is 12.4. The molecule has 3 unspecified atom stereocenters. The van der Waals surface area contributed by atoms with Gasteiger partial charge in [-0.05, 0) is 349 Å². The van der Waals surface area contributed by atoms with Gasteiger partial charge in [-0.1, -0.05) is 432 Å². The fourth-order valence-corrected chi connectivity index (χ4v) is 23.6. The van der Waals surface area contributed by atoms with E-state index in [1.165, 1.54) is 277 Å². The lowest BCUT2D eigenvalue weighted by molar-refractivity contribution is 0.174. The highest BCUT2D eigenvalue weighted by Crippen LogP contribution is 2.52. The van der Waals surface area contributed by atoms with Crippen LogP contribution in [0.1, 0.15) is 376 Å². The van der Waals surface area contributed by atoms with Crippen LogP contribution in [0.15, 0.2) is 218 Å². The highest BCUT2D eigenvalue weighted by Gasteiger charge is 2.43. The molecule has 0 spiro atoms. The molecule has 0 saturated carbocycles. The molecule has 0 aliphatic heterocycles. The molecule has 3 atom stereocenters. The number of aryl methyl sites for hydroxylation is 24. The van der Waals surface area contributed by atoms with Gasteiger partial charge in [0, 0.05) is 34.4 Å². The summed E-state index contributed by atoms with van der Waals surface area (Å²) in [6, 6.07) is 88.3. The Morgan fingerprint density at radius 1 is 0.180 bits per heavy atom. The van der Waals surface area contributed by atoms with Crippen molar-refractivity contribution >= 4 is 7.32 Å². The van der Waals surface area contributed by atoms with Gasteiger partial charge in [0.15, 0.2) is 0 Å². The molecule has 0 aliphatic carbocycles. The summed E-state index contributed by atoms with van der Waals surface area (Å²) >= 11 is 0. The minimum Gasteiger partial charge on any atom is -0.402 e. The Hall–Kier alpha value is -9.54. The van der Waals surface area contributed by atoms with Crippen LogP contribution in [0, 0.1) is 166 Å². The van der Waals surface area contributed by atoms with Crippen LogP contribution in [0.25, 0.3) is 0 Å². The highest BCUT2D eigenvalue weighted by atomic mass is 16.5. The number of unbranched alkanes of at least 4 members (excludes halogenated alkanes) is 6. The quantitative estimate of drug-likeness (QED) is 0.0262. The third-order valence-corrected chi connectivity index (χ3v) is 28.8. The number of hydrogen-bond acceptors (Lipinski definition) is 6. The van der Waals surface area contributed by atoms with Crippen LogP contribution in [0.5, 0.6) is 0 Å². The Labute approximate surface area is 847 Å². The molecule has 0 radical (unpaired) electrons. The third-order valence-electron chi connectivity index (χ3n) is 28.8. The van der Waals surface area contributed by atoms with Crippen LogP contribution < -0.4 is 0 Å². The van der Waals surface area contributed by atoms with E-state index in [0.717, 1.165) is 77.8 Å². The summed E-state index contributed by atoms with van der Waals surface area (Å²) in [6.07, 6.45) is 21.1. The number of nitrogens with zero attached hydrogens (tertiary/aromatic N) is 3. The van der Waals surface area contributed by atoms with E-state index in [1.54, 1.807) is 0 Å².